The van der Waals surface area contributed by atoms with E-state index in [1.165, 1.54) is 17.6 Å². The molecule has 2 aliphatic heterocycles. The standard InChI is InChI=1S/C59H72FN7O14/c1-7-59(75)43-24-47-52-40(26-67(47)55(71)42(43)29-80-56(59)72)50-45(19-18-37-32(4)44(60)25-46(65-52)49(37)50)64-48(68)30-79-34(6)78-27-35-14-16-36(17-15-35)63-53(69)33(5)62-54(70)51(31(2)3)66-58(74)77-23-22-76-21-20-61-57(73)81-28-41-38-12-10-8-9-11-13-39(38)41/h8-9,14-17,24-25,31,33-34,38-39,41,45,51,75H,7,10-13,18-23,26-30H2,1-6H3,(H,61,73)(H,62,70)(H,63,69)(H,64,68)(H,66,74)/b9-8-/t33-,34?,38-,39+,41-,45?,51-,59-/m0/s1. The third-order valence-electron chi connectivity index (χ3n) is 16.2. The number of aryl methyl sites for hydroxylation is 1. The number of alkyl carbamates (subject to hydrolysis) is 2. The van der Waals surface area contributed by atoms with E-state index in [-0.39, 0.29) is 76.2 Å². The number of hydrogen-bond acceptors (Lipinski definition) is 15. The number of anilines is 1. The fourth-order valence-corrected chi connectivity index (χ4v) is 11.6. The number of hydrogen-bond donors (Lipinski definition) is 6. The molecule has 1 fully saturated rings. The Kier molecular flexibility index (Phi) is 18.2. The van der Waals surface area contributed by atoms with Gasteiger partial charge in [-0.3, -0.25) is 19.2 Å². The van der Waals surface area contributed by atoms with E-state index in [9.17, 15) is 38.7 Å². The monoisotopic (exact) mass is 1120 g/mol. The molecule has 2 unspecified atom stereocenters. The highest BCUT2D eigenvalue weighted by Gasteiger charge is 2.49. The Morgan fingerprint density at radius 3 is 2.35 bits per heavy atom. The summed E-state index contributed by atoms with van der Waals surface area (Å²) in [6.45, 7) is 10.3. The molecule has 0 saturated heterocycles. The van der Waals surface area contributed by atoms with Crippen molar-refractivity contribution in [3.8, 4) is 11.4 Å². The van der Waals surface area contributed by atoms with Gasteiger partial charge in [0.15, 0.2) is 11.9 Å². The van der Waals surface area contributed by atoms with Crippen LogP contribution in [-0.4, -0.2) is 108 Å². The van der Waals surface area contributed by atoms with Crippen LogP contribution in [0.4, 0.5) is 19.7 Å². The van der Waals surface area contributed by atoms with Crippen molar-refractivity contribution in [1.29, 1.82) is 0 Å². The first kappa shape index (κ1) is 58.4. The number of aromatic nitrogens is 2. The Hall–Kier alpha value is -7.27. The Morgan fingerprint density at radius 2 is 1.63 bits per heavy atom. The lowest BCUT2D eigenvalue weighted by Crippen LogP contribution is -2.53. The number of esters is 1. The van der Waals surface area contributed by atoms with Crippen molar-refractivity contribution >= 4 is 52.5 Å². The number of fused-ring (bicyclic) bond motifs is 6. The highest BCUT2D eigenvalue weighted by molar-refractivity contribution is 5.98. The number of ether oxygens (including phenoxy) is 6. The van der Waals surface area contributed by atoms with E-state index < -0.39 is 77.3 Å². The van der Waals surface area contributed by atoms with Gasteiger partial charge >= 0.3 is 18.2 Å². The van der Waals surface area contributed by atoms with E-state index in [1.54, 1.807) is 65.0 Å². The number of pyridine rings is 2. The number of allylic oxidation sites excluding steroid dienone is 2. The molecular weight excluding hydrogens is 1050 g/mol. The predicted octanol–water partition coefficient (Wildman–Crippen LogP) is 6.14. The maximum absolute atomic E-state index is 15.4. The SMILES string of the molecule is CC[C@@]1(O)C(=O)OCc2c1cc1n(c2=O)Cc2c-1nc1cc(F)c(C)c3c1c2C(NC(=O)COC(C)OCc1ccc(NC(=O)[C@H](C)NC(=O)[C@@H](NC(=O)OCCOCCNC(=O)OC[C@@H]2[C@@H]4CC/C=C\CC[C@@H]42)C(C)C)cc1)CC3. The number of rotatable bonds is 22. The molecule has 3 aliphatic carbocycles. The average molecular weight is 1120 g/mol. The molecule has 6 N–H and O–H groups in total. The maximum atomic E-state index is 15.4. The van der Waals surface area contributed by atoms with Crippen molar-refractivity contribution in [2.24, 2.45) is 23.7 Å². The van der Waals surface area contributed by atoms with Crippen LogP contribution in [0.2, 0.25) is 0 Å². The van der Waals surface area contributed by atoms with Gasteiger partial charge in [-0.1, -0.05) is 45.1 Å². The molecule has 8 atom stereocenters. The summed E-state index contributed by atoms with van der Waals surface area (Å²) in [7, 11) is 0. The van der Waals surface area contributed by atoms with E-state index in [1.807, 2.05) is 0 Å². The van der Waals surface area contributed by atoms with Crippen LogP contribution in [0.5, 0.6) is 0 Å². The van der Waals surface area contributed by atoms with E-state index in [0.717, 1.165) is 36.8 Å². The Bertz CT molecular complexity index is 3150. The van der Waals surface area contributed by atoms with Crippen LogP contribution in [0, 0.1) is 36.4 Å². The minimum Gasteiger partial charge on any atom is -0.458 e. The zero-order valence-electron chi connectivity index (χ0n) is 46.6. The Labute approximate surface area is 468 Å². The lowest BCUT2D eigenvalue weighted by Gasteiger charge is -2.31. The second kappa shape index (κ2) is 25.3. The van der Waals surface area contributed by atoms with Crippen molar-refractivity contribution in [2.75, 3.05) is 44.9 Å². The molecule has 0 spiro atoms. The molecule has 434 valence electrons. The van der Waals surface area contributed by atoms with Crippen LogP contribution >= 0.6 is 0 Å². The first-order valence-electron chi connectivity index (χ1n) is 28.0. The largest absolute Gasteiger partial charge is 0.458 e. The van der Waals surface area contributed by atoms with Gasteiger partial charge < -0.3 is 64.7 Å². The zero-order valence-corrected chi connectivity index (χ0v) is 46.6. The molecule has 22 heteroatoms. The molecule has 5 aliphatic rings. The summed E-state index contributed by atoms with van der Waals surface area (Å²) in [4.78, 5) is 96.4. The number of aliphatic hydroxyl groups is 1. The summed E-state index contributed by atoms with van der Waals surface area (Å²) < 4.78 is 49.9. The third-order valence-corrected chi connectivity index (χ3v) is 16.2. The molecular formula is C59H72FN7O14. The average Bonchev–Trinajstić information content (AvgIpc) is 4.21. The molecule has 9 rings (SSSR count). The predicted molar refractivity (Wildman–Crippen MR) is 293 cm³/mol. The molecule has 4 heterocycles. The second-order valence-electron chi connectivity index (χ2n) is 21.8. The quantitative estimate of drug-likeness (QED) is 0.0149. The Morgan fingerprint density at radius 1 is 0.889 bits per heavy atom. The molecule has 0 radical (unpaired) electrons. The third kappa shape index (κ3) is 12.9. The van der Waals surface area contributed by atoms with Gasteiger partial charge in [0.05, 0.1) is 61.5 Å². The van der Waals surface area contributed by atoms with Gasteiger partial charge in [0, 0.05) is 34.8 Å². The molecule has 4 aromatic rings. The summed E-state index contributed by atoms with van der Waals surface area (Å²) in [6.07, 6.45) is 7.63. The van der Waals surface area contributed by atoms with Gasteiger partial charge in [0.25, 0.3) is 5.56 Å². The number of halogens is 1. The summed E-state index contributed by atoms with van der Waals surface area (Å²) in [5.74, 6) is -1.43. The fraction of sp³-hybridized carbons (Fsp3) is 0.525. The number of amides is 5. The smallest absolute Gasteiger partial charge is 0.407 e. The van der Waals surface area contributed by atoms with Gasteiger partial charge in [-0.05, 0) is 130 Å². The normalized spacial score (nSPS) is 21.8. The summed E-state index contributed by atoms with van der Waals surface area (Å²) in [6, 6.07) is 7.23. The Balaban J connectivity index is 0.691. The summed E-state index contributed by atoms with van der Waals surface area (Å²) >= 11 is 0. The van der Waals surface area contributed by atoms with E-state index >= 15 is 4.39 Å². The fourth-order valence-electron chi connectivity index (χ4n) is 11.6. The topological polar surface area (TPSA) is 273 Å². The van der Waals surface area contributed by atoms with Gasteiger partial charge in [0.2, 0.25) is 17.7 Å². The van der Waals surface area contributed by atoms with Crippen LogP contribution in [-0.2, 0) is 79.4 Å². The van der Waals surface area contributed by atoms with E-state index in [0.29, 0.717) is 81.9 Å². The molecule has 21 nitrogen and oxygen atoms in total. The molecule has 0 bridgehead atoms. The number of nitrogens with one attached hydrogen (secondary N) is 5. The lowest BCUT2D eigenvalue weighted by atomic mass is 9.81. The van der Waals surface area contributed by atoms with Crippen LogP contribution in [0.1, 0.15) is 118 Å². The molecule has 81 heavy (non-hydrogen) atoms. The minimum atomic E-state index is -2.02. The van der Waals surface area contributed by atoms with E-state index in [2.05, 4.69) is 38.7 Å². The minimum absolute atomic E-state index is 0.0240. The molecule has 2 aromatic carbocycles. The highest BCUT2D eigenvalue weighted by Crippen LogP contribution is 2.53. The summed E-state index contributed by atoms with van der Waals surface area (Å²) in [5, 5.41) is 25.8. The maximum Gasteiger partial charge on any atom is 0.407 e. The number of nitrogens with zero attached hydrogens (tertiary/aromatic N) is 2. The van der Waals surface area contributed by atoms with Crippen molar-refractivity contribution in [2.45, 2.75) is 136 Å². The lowest BCUT2D eigenvalue weighted by molar-refractivity contribution is -0.172. The first-order valence-corrected chi connectivity index (χ1v) is 28.0. The van der Waals surface area contributed by atoms with Gasteiger partial charge in [-0.15, -0.1) is 0 Å². The number of cyclic esters (lactones) is 1. The summed E-state index contributed by atoms with van der Waals surface area (Å²) in [5.41, 5.74) is 2.82. The molecule has 5 amide bonds. The van der Waals surface area contributed by atoms with Crippen LogP contribution < -0.4 is 32.1 Å². The van der Waals surface area contributed by atoms with Crippen molar-refractivity contribution < 1.29 is 66.7 Å². The van der Waals surface area contributed by atoms with Crippen molar-refractivity contribution in [3.05, 3.63) is 104 Å². The van der Waals surface area contributed by atoms with Gasteiger partial charge in [-0.2, -0.15) is 0 Å². The number of carbonyl (C=O) groups excluding carboxylic acids is 6. The van der Waals surface area contributed by atoms with Crippen molar-refractivity contribution in [1.82, 2.24) is 30.8 Å². The number of benzene rings is 2. The number of carbonyl (C=O) groups is 6. The highest BCUT2D eigenvalue weighted by atomic mass is 19.1. The molecule has 2 aromatic heterocycles. The van der Waals surface area contributed by atoms with Crippen molar-refractivity contribution in [3.63, 3.8) is 0 Å². The van der Waals surface area contributed by atoms with Crippen LogP contribution in [0.15, 0.2) is 53.3 Å². The van der Waals surface area contributed by atoms with Gasteiger partial charge in [-0.25, -0.2) is 23.8 Å². The first-order chi connectivity index (χ1) is 38.9. The molecule has 1 saturated carbocycles. The van der Waals surface area contributed by atoms with E-state index in [4.69, 9.17) is 33.4 Å². The van der Waals surface area contributed by atoms with Crippen LogP contribution in [0.3, 0.4) is 0 Å². The van der Waals surface area contributed by atoms with Crippen LogP contribution in [0.25, 0.3) is 22.3 Å². The zero-order chi connectivity index (χ0) is 57.7. The second-order valence-corrected chi connectivity index (χ2v) is 21.8. The van der Waals surface area contributed by atoms with Gasteiger partial charge in [0.1, 0.15) is 37.7 Å².